The molecule has 0 saturated carbocycles. The standard InChI is InChI=1S/C11H16N2O/c1-4-12-5-2-11(1)3-6-13-7-9-14-10-8-13/h1-2,4-5H,3,6-10H2. The van der Waals surface area contributed by atoms with E-state index in [4.69, 9.17) is 4.74 Å². The van der Waals surface area contributed by atoms with Crippen LogP contribution in [0.15, 0.2) is 24.5 Å². The van der Waals surface area contributed by atoms with Crippen molar-refractivity contribution in [2.75, 3.05) is 32.8 Å². The van der Waals surface area contributed by atoms with E-state index < -0.39 is 0 Å². The summed E-state index contributed by atoms with van der Waals surface area (Å²) < 4.78 is 5.30. The molecule has 1 aromatic rings. The number of nitrogens with zero attached hydrogens (tertiary/aromatic N) is 2. The fourth-order valence-corrected chi connectivity index (χ4v) is 1.66. The molecule has 0 radical (unpaired) electrons. The van der Waals surface area contributed by atoms with Crippen LogP contribution in [-0.2, 0) is 11.2 Å². The molecule has 0 spiro atoms. The maximum atomic E-state index is 5.30. The molecule has 0 aliphatic carbocycles. The predicted octanol–water partition coefficient (Wildman–Crippen LogP) is 0.956. The van der Waals surface area contributed by atoms with Gasteiger partial charge >= 0.3 is 0 Å². The summed E-state index contributed by atoms with van der Waals surface area (Å²) >= 11 is 0. The molecule has 1 saturated heterocycles. The molecule has 0 amide bonds. The van der Waals surface area contributed by atoms with Crippen molar-refractivity contribution in [3.63, 3.8) is 0 Å². The Morgan fingerprint density at radius 1 is 1.21 bits per heavy atom. The minimum atomic E-state index is 0.885. The fraction of sp³-hybridized carbons (Fsp3) is 0.545. The van der Waals surface area contributed by atoms with Crippen molar-refractivity contribution in [3.8, 4) is 0 Å². The van der Waals surface area contributed by atoms with Gasteiger partial charge in [0, 0.05) is 32.0 Å². The molecule has 0 N–H and O–H groups in total. The summed E-state index contributed by atoms with van der Waals surface area (Å²) in [4.78, 5) is 6.45. The number of morpholine rings is 1. The first kappa shape index (κ1) is 9.62. The Morgan fingerprint density at radius 2 is 1.93 bits per heavy atom. The van der Waals surface area contributed by atoms with Crippen molar-refractivity contribution in [3.05, 3.63) is 30.1 Å². The van der Waals surface area contributed by atoms with Crippen LogP contribution in [0.3, 0.4) is 0 Å². The van der Waals surface area contributed by atoms with Crippen LogP contribution in [0.4, 0.5) is 0 Å². The SMILES string of the molecule is c1cc(CCN2CCOCC2)ccn1. The smallest absolute Gasteiger partial charge is 0.0594 e. The molecule has 0 aromatic carbocycles. The average Bonchev–Trinajstić information content (AvgIpc) is 2.29. The average molecular weight is 192 g/mol. The van der Waals surface area contributed by atoms with E-state index in [1.165, 1.54) is 5.56 Å². The molecular formula is C11H16N2O. The molecule has 0 bridgehead atoms. The third-order valence-corrected chi connectivity index (χ3v) is 2.57. The van der Waals surface area contributed by atoms with Gasteiger partial charge in [-0.2, -0.15) is 0 Å². The third kappa shape index (κ3) is 2.79. The lowest BCUT2D eigenvalue weighted by atomic mass is 10.2. The second-order valence-corrected chi connectivity index (χ2v) is 3.56. The number of ether oxygens (including phenoxy) is 1. The summed E-state index contributed by atoms with van der Waals surface area (Å²) in [5.74, 6) is 0. The maximum absolute atomic E-state index is 5.30. The lowest BCUT2D eigenvalue weighted by Gasteiger charge is -2.26. The van der Waals surface area contributed by atoms with Crippen LogP contribution in [0.5, 0.6) is 0 Å². The first-order chi connectivity index (χ1) is 6.95. The zero-order chi connectivity index (χ0) is 9.64. The first-order valence-corrected chi connectivity index (χ1v) is 5.14. The van der Waals surface area contributed by atoms with Gasteiger partial charge < -0.3 is 4.74 Å². The molecule has 3 nitrogen and oxygen atoms in total. The zero-order valence-corrected chi connectivity index (χ0v) is 8.35. The van der Waals surface area contributed by atoms with E-state index in [0.29, 0.717) is 0 Å². The summed E-state index contributed by atoms with van der Waals surface area (Å²) in [5.41, 5.74) is 1.37. The lowest BCUT2D eigenvalue weighted by Crippen LogP contribution is -2.37. The number of rotatable bonds is 3. The van der Waals surface area contributed by atoms with Crippen molar-refractivity contribution in [1.29, 1.82) is 0 Å². The molecule has 2 rings (SSSR count). The third-order valence-electron chi connectivity index (χ3n) is 2.57. The van der Waals surface area contributed by atoms with E-state index >= 15 is 0 Å². The molecule has 76 valence electrons. The maximum Gasteiger partial charge on any atom is 0.0594 e. The largest absolute Gasteiger partial charge is 0.379 e. The minimum Gasteiger partial charge on any atom is -0.379 e. The predicted molar refractivity (Wildman–Crippen MR) is 55.2 cm³/mol. The van der Waals surface area contributed by atoms with Crippen LogP contribution in [0, 0.1) is 0 Å². The van der Waals surface area contributed by atoms with Crippen molar-refractivity contribution in [1.82, 2.24) is 9.88 Å². The van der Waals surface area contributed by atoms with Crippen molar-refractivity contribution >= 4 is 0 Å². The van der Waals surface area contributed by atoms with Gasteiger partial charge in [-0.1, -0.05) is 0 Å². The second-order valence-electron chi connectivity index (χ2n) is 3.56. The van der Waals surface area contributed by atoms with E-state index in [2.05, 4.69) is 22.0 Å². The highest BCUT2D eigenvalue weighted by atomic mass is 16.5. The quantitative estimate of drug-likeness (QED) is 0.713. The van der Waals surface area contributed by atoms with Gasteiger partial charge in [0.15, 0.2) is 0 Å². The van der Waals surface area contributed by atoms with Gasteiger partial charge in [-0.3, -0.25) is 9.88 Å². The van der Waals surface area contributed by atoms with Crippen LogP contribution in [0.25, 0.3) is 0 Å². The van der Waals surface area contributed by atoms with Crippen LogP contribution in [0.2, 0.25) is 0 Å². The Bertz CT molecular complexity index is 257. The number of pyridine rings is 1. The van der Waals surface area contributed by atoms with Crippen LogP contribution < -0.4 is 0 Å². The van der Waals surface area contributed by atoms with Crippen LogP contribution in [-0.4, -0.2) is 42.7 Å². The van der Waals surface area contributed by atoms with Gasteiger partial charge in [-0.25, -0.2) is 0 Å². The van der Waals surface area contributed by atoms with Crippen LogP contribution in [0.1, 0.15) is 5.56 Å². The monoisotopic (exact) mass is 192 g/mol. The van der Waals surface area contributed by atoms with Gasteiger partial charge in [0.2, 0.25) is 0 Å². The fourth-order valence-electron chi connectivity index (χ4n) is 1.66. The summed E-state index contributed by atoms with van der Waals surface area (Å²) in [5, 5.41) is 0. The first-order valence-electron chi connectivity index (χ1n) is 5.14. The molecule has 14 heavy (non-hydrogen) atoms. The zero-order valence-electron chi connectivity index (χ0n) is 8.35. The Balaban J connectivity index is 1.76. The summed E-state index contributed by atoms with van der Waals surface area (Å²) in [6.07, 6.45) is 4.83. The molecule has 1 fully saturated rings. The Labute approximate surface area is 84.7 Å². The molecule has 1 aliphatic rings. The van der Waals surface area contributed by atoms with Gasteiger partial charge in [-0.15, -0.1) is 0 Å². The van der Waals surface area contributed by atoms with Crippen LogP contribution >= 0.6 is 0 Å². The molecule has 1 aromatic heterocycles. The van der Waals surface area contributed by atoms with Gasteiger partial charge in [0.05, 0.1) is 13.2 Å². The number of hydrogen-bond donors (Lipinski definition) is 0. The van der Waals surface area contributed by atoms with Gasteiger partial charge in [-0.05, 0) is 24.1 Å². The molecule has 0 unspecified atom stereocenters. The van der Waals surface area contributed by atoms with Gasteiger partial charge in [0.25, 0.3) is 0 Å². The van der Waals surface area contributed by atoms with E-state index in [1.807, 2.05) is 12.4 Å². The summed E-state index contributed by atoms with van der Waals surface area (Å²) in [6, 6.07) is 4.17. The molecule has 3 heteroatoms. The van der Waals surface area contributed by atoms with E-state index in [1.54, 1.807) is 0 Å². The highest BCUT2D eigenvalue weighted by Gasteiger charge is 2.09. The lowest BCUT2D eigenvalue weighted by molar-refractivity contribution is 0.0384. The number of aromatic nitrogens is 1. The second kappa shape index (κ2) is 5.08. The normalized spacial score (nSPS) is 18.3. The van der Waals surface area contributed by atoms with E-state index in [0.717, 1.165) is 39.3 Å². The van der Waals surface area contributed by atoms with Crippen molar-refractivity contribution in [2.45, 2.75) is 6.42 Å². The molecule has 2 heterocycles. The summed E-state index contributed by atoms with van der Waals surface area (Å²) in [6.45, 7) is 5.05. The molecule has 0 atom stereocenters. The summed E-state index contributed by atoms with van der Waals surface area (Å²) in [7, 11) is 0. The van der Waals surface area contributed by atoms with Crippen molar-refractivity contribution in [2.24, 2.45) is 0 Å². The molecule has 1 aliphatic heterocycles. The van der Waals surface area contributed by atoms with E-state index in [9.17, 15) is 0 Å². The number of hydrogen-bond acceptors (Lipinski definition) is 3. The van der Waals surface area contributed by atoms with E-state index in [-0.39, 0.29) is 0 Å². The highest BCUT2D eigenvalue weighted by molar-refractivity contribution is 5.09. The Hall–Kier alpha value is -0.930. The highest BCUT2D eigenvalue weighted by Crippen LogP contribution is 2.02. The van der Waals surface area contributed by atoms with Gasteiger partial charge in [0.1, 0.15) is 0 Å². The Morgan fingerprint density at radius 3 is 2.64 bits per heavy atom. The van der Waals surface area contributed by atoms with Crippen molar-refractivity contribution < 1.29 is 4.74 Å². The Kier molecular flexibility index (Phi) is 3.49. The topological polar surface area (TPSA) is 25.4 Å². The molecular weight excluding hydrogens is 176 g/mol. The minimum absolute atomic E-state index is 0.885.